The summed E-state index contributed by atoms with van der Waals surface area (Å²) in [5, 5.41) is 12.1. The molecule has 0 unspecified atom stereocenters. The van der Waals surface area contributed by atoms with Crippen LogP contribution in [0.2, 0.25) is 5.82 Å². The molecule has 272 valence electrons. The van der Waals surface area contributed by atoms with Crippen LogP contribution in [0, 0.1) is 11.8 Å². The minimum absolute atomic E-state index is 0.00267. The van der Waals surface area contributed by atoms with Gasteiger partial charge in [0.15, 0.2) is 11.4 Å². The smallest absolute Gasteiger partial charge is 0.410 e. The first-order chi connectivity index (χ1) is 23.5. The van der Waals surface area contributed by atoms with Gasteiger partial charge < -0.3 is 25.3 Å². The molecule has 2 radical (unpaired) electrons. The van der Waals surface area contributed by atoms with Crippen molar-refractivity contribution in [3.8, 4) is 11.3 Å². The van der Waals surface area contributed by atoms with Crippen LogP contribution in [-0.2, 0) is 30.3 Å². The highest BCUT2D eigenvalue weighted by molar-refractivity contribution is 6.17. The van der Waals surface area contributed by atoms with Crippen LogP contribution in [0.25, 0.3) is 11.3 Å². The standard InChI is InChI=1S/C36H52BFN6O6/c1-9-13-28-36(7)30(44(33(47)50-36)17-11-10-16-43-21-27(41-42-43)25-14-12-15-26(39)18-25)24(4)40-20-22(2)19-34(5,48-8)29(37)23(3)31(45)35(6,38)32(46)49-28/h9,12,14-15,18,21-24,28-30,40H,1,10-11,13,16-17,19-20,39H2,2-8H3/t22-,23-,24-,28-,29-,30-,34-,35+,36-/m1/s1. The lowest BCUT2D eigenvalue weighted by Crippen LogP contribution is -2.61. The molecule has 2 fully saturated rings. The number of rotatable bonds is 9. The molecule has 12 nitrogen and oxygen atoms in total. The largest absolute Gasteiger partial charge is 0.455 e. The number of cyclic esters (lactones) is 1. The van der Waals surface area contributed by atoms with Crippen molar-refractivity contribution < 1.29 is 33.0 Å². The van der Waals surface area contributed by atoms with Crippen molar-refractivity contribution in [2.75, 3.05) is 25.9 Å². The number of fused-ring (bicyclic) bond motifs is 1. The third-order valence-corrected chi connectivity index (χ3v) is 10.5. The Bertz CT molecular complexity index is 1540. The summed E-state index contributed by atoms with van der Waals surface area (Å²) in [6.07, 6.45) is 3.40. The maximum Gasteiger partial charge on any atom is 0.410 e. The number of benzene rings is 1. The minimum atomic E-state index is -3.02. The predicted octanol–water partition coefficient (Wildman–Crippen LogP) is 4.69. The van der Waals surface area contributed by atoms with Gasteiger partial charge in [0, 0.05) is 49.8 Å². The number of carbonyl (C=O) groups is 3. The van der Waals surface area contributed by atoms with Crippen LogP contribution in [0.15, 0.2) is 43.1 Å². The highest BCUT2D eigenvalue weighted by atomic mass is 19.1. The number of esters is 1. The molecule has 50 heavy (non-hydrogen) atoms. The van der Waals surface area contributed by atoms with Gasteiger partial charge in [-0.15, -0.1) is 11.7 Å². The van der Waals surface area contributed by atoms with E-state index in [1.165, 1.54) is 20.1 Å². The lowest BCUT2D eigenvalue weighted by Gasteiger charge is -2.41. The van der Waals surface area contributed by atoms with Gasteiger partial charge in [0.05, 0.1) is 25.7 Å². The number of nitrogens with two attached hydrogens (primary N) is 1. The van der Waals surface area contributed by atoms with Gasteiger partial charge in [-0.1, -0.05) is 37.3 Å². The summed E-state index contributed by atoms with van der Waals surface area (Å²) in [5.41, 5.74) is 2.68. The van der Waals surface area contributed by atoms with E-state index in [0.717, 1.165) is 12.5 Å². The first-order valence-corrected chi connectivity index (χ1v) is 17.3. The predicted molar refractivity (Wildman–Crippen MR) is 189 cm³/mol. The van der Waals surface area contributed by atoms with E-state index >= 15 is 4.39 Å². The van der Waals surface area contributed by atoms with Crippen molar-refractivity contribution in [3.63, 3.8) is 0 Å². The highest BCUT2D eigenvalue weighted by Gasteiger charge is 2.59. The average molecular weight is 695 g/mol. The topological polar surface area (TPSA) is 151 Å². The number of hydrogen-bond donors (Lipinski definition) is 2. The minimum Gasteiger partial charge on any atom is -0.455 e. The van der Waals surface area contributed by atoms with Crippen LogP contribution in [0.1, 0.15) is 67.2 Å². The lowest BCUT2D eigenvalue weighted by atomic mass is 9.62. The van der Waals surface area contributed by atoms with E-state index in [0.29, 0.717) is 50.3 Å². The number of amides is 1. The summed E-state index contributed by atoms with van der Waals surface area (Å²) in [5.74, 6) is -4.38. The van der Waals surface area contributed by atoms with Crippen LogP contribution in [0.4, 0.5) is 14.9 Å². The van der Waals surface area contributed by atoms with Crippen LogP contribution in [0.5, 0.6) is 0 Å². The fraction of sp³-hybridized carbons (Fsp3) is 0.639. The van der Waals surface area contributed by atoms with Crippen LogP contribution < -0.4 is 11.1 Å². The fourth-order valence-corrected chi connectivity index (χ4v) is 7.41. The van der Waals surface area contributed by atoms with Crippen LogP contribution in [-0.4, -0.2) is 101 Å². The molecule has 0 saturated carbocycles. The number of nitrogen functional groups attached to an aromatic ring is 1. The molecule has 2 aliphatic heterocycles. The summed E-state index contributed by atoms with van der Waals surface area (Å²) in [6.45, 7) is 15.0. The van der Waals surface area contributed by atoms with Gasteiger partial charge in [-0.2, -0.15) is 0 Å². The van der Waals surface area contributed by atoms with Crippen molar-refractivity contribution in [1.82, 2.24) is 25.2 Å². The number of anilines is 1. The Morgan fingerprint density at radius 1 is 1.18 bits per heavy atom. The Kier molecular flexibility index (Phi) is 12.2. The van der Waals surface area contributed by atoms with Crippen LogP contribution >= 0.6 is 0 Å². The molecule has 2 aliphatic rings. The lowest BCUT2D eigenvalue weighted by molar-refractivity contribution is -0.178. The number of carbonyl (C=O) groups excluding carboxylic acids is 3. The van der Waals surface area contributed by atoms with Gasteiger partial charge in [-0.3, -0.25) is 14.4 Å². The highest BCUT2D eigenvalue weighted by Crippen LogP contribution is 2.41. The van der Waals surface area contributed by atoms with Crippen LogP contribution in [0.3, 0.4) is 0 Å². The third kappa shape index (κ3) is 8.06. The van der Waals surface area contributed by atoms with E-state index < -0.39 is 58.6 Å². The van der Waals surface area contributed by atoms with Crippen molar-refractivity contribution in [3.05, 3.63) is 43.1 Å². The SMILES string of the molecule is [B][C@@H]1[C@@H](C)C(=O)[C@](C)(F)C(=O)O[C@H](CC=C)[C@@]2(C)OC(=O)N(CCCCn3cc(-c4cccc(N)c4)nn3)[C@@H]2[C@@H](C)NC[C@H](C)C[C@@]1(C)OC. The average Bonchev–Trinajstić information content (AvgIpc) is 3.65. The molecule has 4 rings (SSSR count). The number of hydrogen-bond acceptors (Lipinski definition) is 10. The summed E-state index contributed by atoms with van der Waals surface area (Å²) < 4.78 is 35.7. The number of halogens is 1. The maximum atomic E-state index is 16.2. The number of unbranched alkanes of at least 4 members (excludes halogenated alkanes) is 1. The molecule has 2 aromatic rings. The molecule has 0 bridgehead atoms. The molecule has 2 saturated heterocycles. The molecule has 1 aromatic heterocycles. The number of Topliss-reactive ketones (excluding diaryl/α,β-unsaturated/α-hetero) is 1. The molecule has 3 heterocycles. The first kappa shape index (κ1) is 39.0. The number of nitrogens with one attached hydrogen (secondary N) is 1. The van der Waals surface area contributed by atoms with Gasteiger partial charge in [0.2, 0.25) is 0 Å². The molecule has 1 aromatic carbocycles. The summed E-state index contributed by atoms with van der Waals surface area (Å²) >= 11 is 0. The Morgan fingerprint density at radius 2 is 1.88 bits per heavy atom. The Hall–Kier alpha value is -3.78. The monoisotopic (exact) mass is 694 g/mol. The van der Waals surface area contributed by atoms with Crippen molar-refractivity contribution >= 4 is 31.4 Å². The number of ether oxygens (including phenoxy) is 3. The van der Waals surface area contributed by atoms with Crippen molar-refractivity contribution in [2.24, 2.45) is 11.8 Å². The van der Waals surface area contributed by atoms with E-state index in [9.17, 15) is 14.4 Å². The number of ketones is 1. The molecule has 3 N–H and O–H groups in total. The number of aryl methyl sites for hydroxylation is 1. The zero-order valence-electron chi connectivity index (χ0n) is 30.4. The summed E-state index contributed by atoms with van der Waals surface area (Å²) in [6, 6.07) is 6.42. The second kappa shape index (κ2) is 15.6. The molecule has 14 heteroatoms. The van der Waals surface area contributed by atoms with Crippen molar-refractivity contribution in [1.29, 1.82) is 0 Å². The van der Waals surface area contributed by atoms with E-state index in [2.05, 4.69) is 22.2 Å². The Labute approximate surface area is 296 Å². The molecular weight excluding hydrogens is 642 g/mol. The normalized spacial score (nSPS) is 34.3. The summed E-state index contributed by atoms with van der Waals surface area (Å²) in [4.78, 5) is 42.3. The zero-order valence-corrected chi connectivity index (χ0v) is 30.4. The number of nitrogens with zero attached hydrogens (tertiary/aromatic N) is 4. The zero-order chi connectivity index (χ0) is 37.0. The van der Waals surface area contributed by atoms with Gasteiger partial charge in [0.25, 0.3) is 5.67 Å². The second-order valence-electron chi connectivity index (χ2n) is 14.5. The van der Waals surface area contributed by atoms with Gasteiger partial charge >= 0.3 is 12.1 Å². The van der Waals surface area contributed by atoms with Gasteiger partial charge in [0.1, 0.15) is 11.8 Å². The fourth-order valence-electron chi connectivity index (χ4n) is 7.41. The molecule has 1 amide bonds. The maximum absolute atomic E-state index is 16.2. The Balaban J connectivity index is 1.59. The van der Waals surface area contributed by atoms with E-state index in [-0.39, 0.29) is 18.4 Å². The number of alkyl halides is 1. The Morgan fingerprint density at radius 3 is 2.54 bits per heavy atom. The number of methoxy groups -OCH3 is 1. The van der Waals surface area contributed by atoms with E-state index in [4.69, 9.17) is 27.8 Å². The third-order valence-electron chi connectivity index (χ3n) is 10.5. The van der Waals surface area contributed by atoms with Gasteiger partial charge in [-0.25, -0.2) is 14.0 Å². The quantitative estimate of drug-likeness (QED) is 0.0946. The summed E-state index contributed by atoms with van der Waals surface area (Å²) in [7, 11) is 8.05. The first-order valence-electron chi connectivity index (χ1n) is 17.3. The molecule has 0 spiro atoms. The number of aromatic nitrogens is 3. The van der Waals surface area contributed by atoms with E-state index in [1.807, 2.05) is 38.2 Å². The molecular formula is C36H52BFN6O6. The second-order valence-corrected chi connectivity index (χ2v) is 14.5. The molecule has 0 aliphatic carbocycles. The van der Waals surface area contributed by atoms with Crippen molar-refractivity contribution in [2.45, 2.75) is 115 Å². The molecule has 9 atom stereocenters. The van der Waals surface area contributed by atoms with E-state index in [1.54, 1.807) is 29.5 Å². The van der Waals surface area contributed by atoms with Gasteiger partial charge in [-0.05, 0) is 77.4 Å².